The van der Waals surface area contributed by atoms with E-state index in [0.717, 1.165) is 5.56 Å². The topological polar surface area (TPSA) is 94.6 Å². The quantitative estimate of drug-likeness (QED) is 0.302. The lowest BCUT2D eigenvalue weighted by Gasteiger charge is -2.21. The maximum absolute atomic E-state index is 11.8. The Kier molecular flexibility index (Phi) is 10.1. The molecule has 0 aliphatic heterocycles. The van der Waals surface area contributed by atoms with Crippen LogP contribution in [0.25, 0.3) is 0 Å². The van der Waals surface area contributed by atoms with Crippen molar-refractivity contribution in [2.45, 2.75) is 32.9 Å². The number of nitrogens with one attached hydrogen (secondary N) is 4. The van der Waals surface area contributed by atoms with Crippen molar-refractivity contribution in [2.24, 2.45) is 4.99 Å². The van der Waals surface area contributed by atoms with E-state index < -0.39 is 0 Å². The summed E-state index contributed by atoms with van der Waals surface area (Å²) in [6.45, 7) is 6.41. The molecule has 0 spiro atoms. The summed E-state index contributed by atoms with van der Waals surface area (Å²) < 4.78 is 0. The molecule has 0 unspecified atom stereocenters. The number of hydrogen-bond acceptors (Lipinski definition) is 3. The van der Waals surface area contributed by atoms with Crippen molar-refractivity contribution in [2.75, 3.05) is 20.6 Å². The SMILES string of the molecule is CN=C(NCC(=O)NC(C)(C)C)NCc1cccc(C(=O)NC)c1.I. The summed E-state index contributed by atoms with van der Waals surface area (Å²) in [5, 5.41) is 11.5. The molecule has 1 aromatic carbocycles. The summed E-state index contributed by atoms with van der Waals surface area (Å²) in [6.07, 6.45) is 0. The van der Waals surface area contributed by atoms with Gasteiger partial charge in [0.2, 0.25) is 5.91 Å². The first kappa shape index (κ1) is 23.2. The summed E-state index contributed by atoms with van der Waals surface area (Å²) in [6, 6.07) is 7.31. The van der Waals surface area contributed by atoms with Crippen molar-refractivity contribution in [1.29, 1.82) is 0 Å². The average Bonchev–Trinajstić information content (AvgIpc) is 2.53. The van der Waals surface area contributed by atoms with Crippen LogP contribution in [-0.4, -0.2) is 44.0 Å². The molecule has 0 aliphatic carbocycles. The summed E-state index contributed by atoms with van der Waals surface area (Å²) in [4.78, 5) is 27.5. The van der Waals surface area contributed by atoms with Crippen LogP contribution in [-0.2, 0) is 11.3 Å². The van der Waals surface area contributed by atoms with Crippen LogP contribution in [0.15, 0.2) is 29.3 Å². The fraction of sp³-hybridized carbons (Fsp3) is 0.471. The smallest absolute Gasteiger partial charge is 0.251 e. The van der Waals surface area contributed by atoms with E-state index in [1.54, 1.807) is 20.2 Å². The first-order valence-electron chi connectivity index (χ1n) is 7.81. The van der Waals surface area contributed by atoms with Gasteiger partial charge in [-0.05, 0) is 38.5 Å². The number of hydrogen-bond donors (Lipinski definition) is 4. The van der Waals surface area contributed by atoms with Gasteiger partial charge in [-0.15, -0.1) is 24.0 Å². The zero-order valence-electron chi connectivity index (χ0n) is 15.4. The molecule has 7 nitrogen and oxygen atoms in total. The van der Waals surface area contributed by atoms with Crippen LogP contribution in [0.4, 0.5) is 0 Å². The lowest BCUT2D eigenvalue weighted by molar-refractivity contribution is -0.121. The van der Waals surface area contributed by atoms with E-state index in [-0.39, 0.29) is 47.9 Å². The Morgan fingerprint density at radius 1 is 1.16 bits per heavy atom. The Morgan fingerprint density at radius 2 is 1.84 bits per heavy atom. The molecule has 0 heterocycles. The normalized spacial score (nSPS) is 11.2. The number of amides is 2. The van der Waals surface area contributed by atoms with Crippen molar-refractivity contribution in [1.82, 2.24) is 21.3 Å². The first-order chi connectivity index (χ1) is 11.2. The van der Waals surface area contributed by atoms with Crippen molar-refractivity contribution < 1.29 is 9.59 Å². The van der Waals surface area contributed by atoms with Crippen LogP contribution in [0, 0.1) is 0 Å². The Balaban J connectivity index is 0.00000576. The van der Waals surface area contributed by atoms with Gasteiger partial charge in [-0.3, -0.25) is 14.6 Å². The molecule has 8 heteroatoms. The molecule has 0 radical (unpaired) electrons. The fourth-order valence-electron chi connectivity index (χ4n) is 2.00. The number of benzene rings is 1. The van der Waals surface area contributed by atoms with Gasteiger partial charge in [0.05, 0.1) is 6.54 Å². The van der Waals surface area contributed by atoms with Crippen molar-refractivity contribution in [3.8, 4) is 0 Å². The summed E-state index contributed by atoms with van der Waals surface area (Å²) in [5.41, 5.74) is 1.28. The Bertz CT molecular complexity index is 611. The zero-order chi connectivity index (χ0) is 18.2. The molecule has 2 amide bonds. The lowest BCUT2D eigenvalue weighted by atomic mass is 10.1. The van der Waals surface area contributed by atoms with Gasteiger partial charge in [-0.2, -0.15) is 0 Å². The maximum atomic E-state index is 11.8. The molecule has 0 aromatic heterocycles. The van der Waals surface area contributed by atoms with Crippen molar-refractivity contribution >= 4 is 41.8 Å². The largest absolute Gasteiger partial charge is 0.355 e. The number of nitrogens with zero attached hydrogens (tertiary/aromatic N) is 1. The Morgan fingerprint density at radius 3 is 2.40 bits per heavy atom. The standard InChI is InChI=1S/C17H27N5O2.HI/c1-17(2,3)22-14(23)11-21-16(19-5)20-10-12-7-6-8-13(9-12)15(24)18-4;/h6-9H,10-11H2,1-5H3,(H,18,24)(H,22,23)(H2,19,20,21);1H. The van der Waals surface area contributed by atoms with Crippen LogP contribution in [0.3, 0.4) is 0 Å². The second-order valence-corrected chi connectivity index (χ2v) is 6.36. The van der Waals surface area contributed by atoms with Crippen LogP contribution < -0.4 is 21.3 Å². The predicted octanol–water partition coefficient (Wildman–Crippen LogP) is 1.24. The summed E-state index contributed by atoms with van der Waals surface area (Å²) in [5.74, 6) is 0.287. The Labute approximate surface area is 166 Å². The number of rotatable bonds is 5. The highest BCUT2D eigenvalue weighted by atomic mass is 127. The zero-order valence-corrected chi connectivity index (χ0v) is 17.7. The third-order valence-corrected chi connectivity index (χ3v) is 3.03. The van der Waals surface area contributed by atoms with Crippen LogP contribution in [0.2, 0.25) is 0 Å². The van der Waals surface area contributed by atoms with Gasteiger partial charge in [-0.25, -0.2) is 0 Å². The van der Waals surface area contributed by atoms with Gasteiger partial charge in [0.25, 0.3) is 5.91 Å². The van der Waals surface area contributed by atoms with E-state index in [1.807, 2.05) is 39.0 Å². The molecule has 0 saturated carbocycles. The number of halogens is 1. The predicted molar refractivity (Wildman–Crippen MR) is 111 cm³/mol. The molecule has 0 aliphatic rings. The van der Waals surface area contributed by atoms with Crippen molar-refractivity contribution in [3.63, 3.8) is 0 Å². The van der Waals surface area contributed by atoms with E-state index in [2.05, 4.69) is 26.3 Å². The molecule has 1 rings (SSSR count). The molecule has 1 aromatic rings. The first-order valence-corrected chi connectivity index (χ1v) is 7.81. The Hall–Kier alpha value is -1.84. The third-order valence-electron chi connectivity index (χ3n) is 3.03. The van der Waals surface area contributed by atoms with E-state index in [9.17, 15) is 9.59 Å². The third kappa shape index (κ3) is 9.28. The summed E-state index contributed by atoms with van der Waals surface area (Å²) in [7, 11) is 3.24. The van der Waals surface area contributed by atoms with Gasteiger partial charge in [0.15, 0.2) is 5.96 Å². The lowest BCUT2D eigenvalue weighted by Crippen LogP contribution is -2.48. The van der Waals surface area contributed by atoms with E-state index in [4.69, 9.17) is 0 Å². The van der Waals surface area contributed by atoms with E-state index >= 15 is 0 Å². The highest BCUT2D eigenvalue weighted by Gasteiger charge is 2.13. The highest BCUT2D eigenvalue weighted by Crippen LogP contribution is 2.05. The molecule has 0 saturated heterocycles. The van der Waals surface area contributed by atoms with Crippen molar-refractivity contribution in [3.05, 3.63) is 35.4 Å². The minimum Gasteiger partial charge on any atom is -0.355 e. The summed E-state index contributed by atoms with van der Waals surface area (Å²) >= 11 is 0. The minimum atomic E-state index is -0.268. The fourth-order valence-corrected chi connectivity index (χ4v) is 2.00. The molecule has 4 N–H and O–H groups in total. The van der Waals surface area contributed by atoms with E-state index in [1.165, 1.54) is 0 Å². The molecule has 140 valence electrons. The molecular formula is C17H28IN5O2. The molecule has 0 atom stereocenters. The number of aliphatic imine (C=N–C) groups is 1. The van der Waals surface area contributed by atoms with Gasteiger partial charge in [-0.1, -0.05) is 12.1 Å². The molecule has 0 fully saturated rings. The monoisotopic (exact) mass is 461 g/mol. The molecule has 25 heavy (non-hydrogen) atoms. The van der Waals surface area contributed by atoms with Crippen LogP contribution >= 0.6 is 24.0 Å². The number of carbonyl (C=O) groups is 2. The van der Waals surface area contributed by atoms with Crippen LogP contribution in [0.5, 0.6) is 0 Å². The molecule has 0 bridgehead atoms. The highest BCUT2D eigenvalue weighted by molar-refractivity contribution is 14.0. The minimum absolute atomic E-state index is 0. The average molecular weight is 461 g/mol. The van der Waals surface area contributed by atoms with E-state index in [0.29, 0.717) is 18.1 Å². The molecular weight excluding hydrogens is 433 g/mol. The van der Waals surface area contributed by atoms with Gasteiger partial charge in [0.1, 0.15) is 0 Å². The second kappa shape index (κ2) is 10.9. The van der Waals surface area contributed by atoms with Gasteiger partial charge in [0, 0.05) is 31.7 Å². The van der Waals surface area contributed by atoms with Gasteiger partial charge >= 0.3 is 0 Å². The number of guanidine groups is 1. The van der Waals surface area contributed by atoms with Gasteiger partial charge < -0.3 is 21.3 Å². The maximum Gasteiger partial charge on any atom is 0.251 e. The number of carbonyl (C=O) groups excluding carboxylic acids is 2. The van der Waals surface area contributed by atoms with Crippen LogP contribution in [0.1, 0.15) is 36.7 Å². The second-order valence-electron chi connectivity index (χ2n) is 6.36.